The zero-order chi connectivity index (χ0) is 21.7. The average Bonchev–Trinajstić information content (AvgIpc) is 2.73. The Labute approximate surface area is 182 Å². The van der Waals surface area contributed by atoms with Crippen LogP contribution in [0.2, 0.25) is 5.02 Å². The van der Waals surface area contributed by atoms with Crippen LogP contribution in [0.15, 0.2) is 83.8 Å². The number of halogens is 1. The minimum Gasteiger partial charge on any atom is -0.350 e. The molecule has 0 heterocycles. The molecule has 3 aromatic rings. The van der Waals surface area contributed by atoms with Crippen LogP contribution in [-0.4, -0.2) is 20.4 Å². The number of benzene rings is 3. The molecule has 1 amide bonds. The number of nitrogens with zero attached hydrogens (tertiary/aromatic N) is 1. The maximum atomic E-state index is 13.6. The van der Waals surface area contributed by atoms with Gasteiger partial charge in [0.05, 0.1) is 22.2 Å². The standard InChI is InChI=1S/C23H23ClN2O3S/c1-17(2)25-23(27)19-11-8-12-20(15-19)30(28,29)26(16-18-9-4-3-5-10-18)22-14-7-6-13-21(22)24/h3-15,17H,16H2,1-2H3,(H,25,27). The van der Waals surface area contributed by atoms with Crippen molar-refractivity contribution in [1.29, 1.82) is 0 Å². The quantitative estimate of drug-likeness (QED) is 0.567. The second-order valence-corrected chi connectivity index (χ2v) is 9.37. The lowest BCUT2D eigenvalue weighted by molar-refractivity contribution is 0.0943. The Hall–Kier alpha value is -2.83. The van der Waals surface area contributed by atoms with Crippen LogP contribution in [0.4, 0.5) is 5.69 Å². The molecule has 0 aromatic heterocycles. The second kappa shape index (κ2) is 9.32. The number of anilines is 1. The van der Waals surface area contributed by atoms with Gasteiger partial charge < -0.3 is 5.32 Å². The third-order valence-corrected chi connectivity index (χ3v) is 6.47. The summed E-state index contributed by atoms with van der Waals surface area (Å²) in [4.78, 5) is 12.4. The number of hydrogen-bond donors (Lipinski definition) is 1. The summed E-state index contributed by atoms with van der Waals surface area (Å²) >= 11 is 6.35. The zero-order valence-corrected chi connectivity index (χ0v) is 18.3. The summed E-state index contributed by atoms with van der Waals surface area (Å²) < 4.78 is 28.5. The normalized spacial score (nSPS) is 11.3. The first kappa shape index (κ1) is 21.9. The van der Waals surface area contributed by atoms with Gasteiger partial charge in [0.2, 0.25) is 0 Å². The van der Waals surface area contributed by atoms with Crippen molar-refractivity contribution in [3.63, 3.8) is 0 Å². The van der Waals surface area contributed by atoms with Crippen molar-refractivity contribution < 1.29 is 13.2 Å². The summed E-state index contributed by atoms with van der Waals surface area (Å²) in [6.07, 6.45) is 0. The number of rotatable bonds is 7. The molecule has 0 unspecified atom stereocenters. The number of para-hydroxylation sites is 1. The van der Waals surface area contributed by atoms with Crippen molar-refractivity contribution in [2.75, 3.05) is 4.31 Å². The van der Waals surface area contributed by atoms with Crippen molar-refractivity contribution in [1.82, 2.24) is 5.32 Å². The van der Waals surface area contributed by atoms with Crippen LogP contribution in [-0.2, 0) is 16.6 Å². The summed E-state index contributed by atoms with van der Waals surface area (Å²) in [5.74, 6) is -0.325. The second-order valence-electron chi connectivity index (χ2n) is 7.10. The van der Waals surface area contributed by atoms with Gasteiger partial charge in [0, 0.05) is 11.6 Å². The fraction of sp³-hybridized carbons (Fsp3) is 0.174. The van der Waals surface area contributed by atoms with Gasteiger partial charge >= 0.3 is 0 Å². The highest BCUT2D eigenvalue weighted by Gasteiger charge is 2.27. The fourth-order valence-electron chi connectivity index (χ4n) is 2.97. The minimum absolute atomic E-state index is 0.0229. The molecular formula is C23H23ClN2O3S. The van der Waals surface area contributed by atoms with Crippen LogP contribution in [0.1, 0.15) is 29.8 Å². The van der Waals surface area contributed by atoms with Crippen LogP contribution in [0.25, 0.3) is 0 Å². The Kier molecular flexibility index (Phi) is 6.80. The topological polar surface area (TPSA) is 66.5 Å². The van der Waals surface area contributed by atoms with Gasteiger partial charge in [-0.05, 0) is 49.7 Å². The lowest BCUT2D eigenvalue weighted by Gasteiger charge is -2.26. The van der Waals surface area contributed by atoms with Gasteiger partial charge in [-0.3, -0.25) is 9.10 Å². The molecule has 156 valence electrons. The Morgan fingerprint density at radius 3 is 2.30 bits per heavy atom. The molecule has 5 nitrogen and oxygen atoms in total. The molecule has 7 heteroatoms. The Bertz CT molecular complexity index is 1130. The van der Waals surface area contributed by atoms with Gasteiger partial charge in [-0.15, -0.1) is 0 Å². The predicted molar refractivity (Wildman–Crippen MR) is 120 cm³/mol. The number of hydrogen-bond acceptors (Lipinski definition) is 3. The number of carbonyl (C=O) groups excluding carboxylic acids is 1. The van der Waals surface area contributed by atoms with E-state index in [1.54, 1.807) is 36.4 Å². The highest BCUT2D eigenvalue weighted by atomic mass is 35.5. The summed E-state index contributed by atoms with van der Waals surface area (Å²) in [5, 5.41) is 3.10. The fourth-order valence-corrected chi connectivity index (χ4v) is 4.78. The summed E-state index contributed by atoms with van der Waals surface area (Å²) in [7, 11) is -3.99. The molecular weight excluding hydrogens is 420 g/mol. The monoisotopic (exact) mass is 442 g/mol. The van der Waals surface area contributed by atoms with Crippen LogP contribution in [0.5, 0.6) is 0 Å². The minimum atomic E-state index is -3.99. The molecule has 0 saturated heterocycles. The van der Waals surface area contributed by atoms with E-state index >= 15 is 0 Å². The lowest BCUT2D eigenvalue weighted by Crippen LogP contribution is -2.32. The SMILES string of the molecule is CC(C)NC(=O)c1cccc(S(=O)(=O)N(Cc2ccccc2)c2ccccc2Cl)c1. The molecule has 0 spiro atoms. The number of carbonyl (C=O) groups is 1. The maximum absolute atomic E-state index is 13.6. The van der Waals surface area contributed by atoms with Crippen molar-refractivity contribution in [2.24, 2.45) is 0 Å². The Morgan fingerprint density at radius 1 is 0.967 bits per heavy atom. The molecule has 0 atom stereocenters. The molecule has 0 fully saturated rings. The van der Waals surface area contributed by atoms with E-state index in [0.717, 1.165) is 5.56 Å². The summed E-state index contributed by atoms with van der Waals surface area (Å²) in [6.45, 7) is 3.80. The lowest BCUT2D eigenvalue weighted by atomic mass is 10.2. The van der Waals surface area contributed by atoms with Gasteiger partial charge in [0.25, 0.3) is 15.9 Å². The van der Waals surface area contributed by atoms with E-state index in [2.05, 4.69) is 5.32 Å². The molecule has 3 aromatic carbocycles. The van der Waals surface area contributed by atoms with E-state index in [-0.39, 0.29) is 29.0 Å². The number of amides is 1. The average molecular weight is 443 g/mol. The molecule has 0 aliphatic rings. The highest BCUT2D eigenvalue weighted by molar-refractivity contribution is 7.92. The number of sulfonamides is 1. The number of nitrogens with one attached hydrogen (secondary N) is 1. The molecule has 1 N–H and O–H groups in total. The molecule has 0 aliphatic heterocycles. The molecule has 30 heavy (non-hydrogen) atoms. The molecule has 0 aliphatic carbocycles. The Balaban J connectivity index is 2.06. The van der Waals surface area contributed by atoms with Crippen LogP contribution < -0.4 is 9.62 Å². The maximum Gasteiger partial charge on any atom is 0.264 e. The molecule has 0 saturated carbocycles. The van der Waals surface area contributed by atoms with E-state index in [4.69, 9.17) is 11.6 Å². The third kappa shape index (κ3) is 5.01. The van der Waals surface area contributed by atoms with Crippen LogP contribution in [0, 0.1) is 0 Å². The van der Waals surface area contributed by atoms with E-state index < -0.39 is 10.0 Å². The molecule has 0 radical (unpaired) electrons. The van der Waals surface area contributed by atoms with Gasteiger partial charge in [-0.25, -0.2) is 8.42 Å². The smallest absolute Gasteiger partial charge is 0.264 e. The van der Waals surface area contributed by atoms with Gasteiger partial charge in [-0.1, -0.05) is 60.1 Å². The first-order valence-corrected chi connectivity index (χ1v) is 11.3. The molecule has 3 rings (SSSR count). The van der Waals surface area contributed by atoms with E-state index in [0.29, 0.717) is 10.7 Å². The zero-order valence-electron chi connectivity index (χ0n) is 16.7. The Morgan fingerprint density at radius 2 is 1.63 bits per heavy atom. The predicted octanol–water partition coefficient (Wildman–Crippen LogP) is 4.87. The van der Waals surface area contributed by atoms with Crippen LogP contribution >= 0.6 is 11.6 Å². The summed E-state index contributed by atoms with van der Waals surface area (Å²) in [5.41, 5.74) is 1.47. The summed E-state index contributed by atoms with van der Waals surface area (Å²) in [6, 6.07) is 22.0. The first-order valence-electron chi connectivity index (χ1n) is 9.51. The van der Waals surface area contributed by atoms with E-state index in [9.17, 15) is 13.2 Å². The van der Waals surface area contributed by atoms with Crippen molar-refractivity contribution in [3.05, 3.63) is 95.0 Å². The first-order chi connectivity index (χ1) is 14.3. The van der Waals surface area contributed by atoms with Crippen molar-refractivity contribution in [3.8, 4) is 0 Å². The van der Waals surface area contributed by atoms with E-state index in [1.165, 1.54) is 16.4 Å². The van der Waals surface area contributed by atoms with Crippen LogP contribution in [0.3, 0.4) is 0 Å². The van der Waals surface area contributed by atoms with Gasteiger partial charge in [-0.2, -0.15) is 0 Å². The van der Waals surface area contributed by atoms with Crippen molar-refractivity contribution >= 4 is 33.2 Å². The van der Waals surface area contributed by atoms with Gasteiger partial charge in [0.15, 0.2) is 0 Å². The van der Waals surface area contributed by atoms with Crippen molar-refractivity contribution in [2.45, 2.75) is 31.3 Å². The van der Waals surface area contributed by atoms with Gasteiger partial charge in [0.1, 0.15) is 0 Å². The van der Waals surface area contributed by atoms with E-state index in [1.807, 2.05) is 44.2 Å². The molecule has 0 bridgehead atoms. The highest BCUT2D eigenvalue weighted by Crippen LogP contribution is 2.32. The largest absolute Gasteiger partial charge is 0.350 e. The third-order valence-electron chi connectivity index (χ3n) is 4.39.